The van der Waals surface area contributed by atoms with Gasteiger partial charge in [0.25, 0.3) is 5.91 Å². The van der Waals surface area contributed by atoms with E-state index < -0.39 is 11.6 Å². The van der Waals surface area contributed by atoms with Gasteiger partial charge in [0.05, 0.1) is 5.56 Å². The highest BCUT2D eigenvalue weighted by Gasteiger charge is 2.31. The first-order chi connectivity index (χ1) is 13.6. The zero-order valence-corrected chi connectivity index (χ0v) is 15.0. The zero-order chi connectivity index (χ0) is 19.5. The normalized spacial score (nSPS) is 19.2. The number of rotatable bonds is 4. The SMILES string of the molecule is O=C(c1ccccc1F)N1CCC[C@H](C2=CN(Oc3cccc(F)c3)NO2)C1. The van der Waals surface area contributed by atoms with Crippen LogP contribution in [0.1, 0.15) is 23.2 Å². The Bertz CT molecular complexity index is 906. The average molecular weight is 387 g/mol. The fraction of sp³-hybridized carbons (Fsp3) is 0.250. The lowest BCUT2D eigenvalue weighted by molar-refractivity contribution is -0.139. The van der Waals surface area contributed by atoms with E-state index in [-0.39, 0.29) is 17.4 Å². The van der Waals surface area contributed by atoms with Crippen molar-refractivity contribution in [1.29, 1.82) is 0 Å². The number of hydrogen-bond acceptors (Lipinski definition) is 5. The third kappa shape index (κ3) is 3.91. The predicted molar refractivity (Wildman–Crippen MR) is 96.2 cm³/mol. The van der Waals surface area contributed by atoms with Crippen molar-refractivity contribution in [2.45, 2.75) is 12.8 Å². The molecule has 2 aliphatic heterocycles. The van der Waals surface area contributed by atoms with E-state index in [1.807, 2.05) is 0 Å². The number of likely N-dealkylation sites (tertiary alicyclic amines) is 1. The molecule has 2 heterocycles. The molecular weight excluding hydrogens is 368 g/mol. The number of halogens is 2. The van der Waals surface area contributed by atoms with Crippen LogP contribution in [0.3, 0.4) is 0 Å². The lowest BCUT2D eigenvalue weighted by Crippen LogP contribution is -2.41. The Morgan fingerprint density at radius 2 is 2.04 bits per heavy atom. The molecule has 1 saturated heterocycles. The summed E-state index contributed by atoms with van der Waals surface area (Å²) in [5, 5.41) is 1.24. The number of benzene rings is 2. The summed E-state index contributed by atoms with van der Waals surface area (Å²) in [6.45, 7) is 0.975. The summed E-state index contributed by atoms with van der Waals surface area (Å²) < 4.78 is 27.2. The van der Waals surface area contributed by atoms with Crippen molar-refractivity contribution in [2.24, 2.45) is 5.92 Å². The largest absolute Gasteiger partial charge is 0.389 e. The lowest BCUT2D eigenvalue weighted by atomic mass is 9.95. The van der Waals surface area contributed by atoms with Crippen LogP contribution in [0.5, 0.6) is 5.75 Å². The molecule has 1 atom stereocenters. The van der Waals surface area contributed by atoms with Gasteiger partial charge in [0.1, 0.15) is 17.8 Å². The third-order valence-electron chi connectivity index (χ3n) is 4.71. The number of carbonyl (C=O) groups excluding carboxylic acids is 1. The molecular formula is C20H19F2N3O3. The second kappa shape index (κ2) is 7.85. The first-order valence-corrected chi connectivity index (χ1v) is 9.01. The summed E-state index contributed by atoms with van der Waals surface area (Å²) in [4.78, 5) is 25.2. The number of nitrogens with one attached hydrogen (secondary N) is 1. The lowest BCUT2D eigenvalue weighted by Gasteiger charge is -2.32. The number of piperidine rings is 1. The topological polar surface area (TPSA) is 54.0 Å². The Morgan fingerprint density at radius 1 is 1.18 bits per heavy atom. The molecule has 2 aliphatic rings. The molecule has 0 aliphatic carbocycles. The highest BCUT2D eigenvalue weighted by atomic mass is 19.1. The molecule has 8 heteroatoms. The van der Waals surface area contributed by atoms with Crippen molar-refractivity contribution in [3.8, 4) is 5.75 Å². The van der Waals surface area contributed by atoms with Gasteiger partial charge in [0.2, 0.25) is 0 Å². The first kappa shape index (κ1) is 18.2. The van der Waals surface area contributed by atoms with E-state index in [9.17, 15) is 13.6 Å². The Kier molecular flexibility index (Phi) is 5.12. The van der Waals surface area contributed by atoms with Gasteiger partial charge in [0.15, 0.2) is 11.5 Å². The minimum atomic E-state index is -0.526. The van der Waals surface area contributed by atoms with Crippen molar-refractivity contribution < 1.29 is 23.3 Å². The van der Waals surface area contributed by atoms with Gasteiger partial charge in [-0.3, -0.25) is 4.79 Å². The molecule has 1 N–H and O–H groups in total. The van der Waals surface area contributed by atoms with E-state index >= 15 is 0 Å². The van der Waals surface area contributed by atoms with Gasteiger partial charge in [-0.05, 0) is 42.7 Å². The van der Waals surface area contributed by atoms with Crippen molar-refractivity contribution in [3.05, 3.63) is 77.7 Å². The Labute approximate surface area is 160 Å². The molecule has 6 nitrogen and oxygen atoms in total. The molecule has 0 unspecified atom stereocenters. The highest BCUT2D eigenvalue weighted by molar-refractivity contribution is 5.94. The van der Waals surface area contributed by atoms with Crippen LogP contribution in [-0.2, 0) is 4.84 Å². The maximum Gasteiger partial charge on any atom is 0.256 e. The van der Waals surface area contributed by atoms with Crippen LogP contribution in [0.15, 0.2) is 60.5 Å². The standard InChI is InChI=1S/C20H19F2N3O3/c21-15-6-3-7-16(11-15)28-25-13-19(27-23-25)14-5-4-10-24(12-14)20(26)17-8-1-2-9-18(17)22/h1-3,6-9,11,13-14,23H,4-5,10,12H2/t14-/m0/s1. The minimum Gasteiger partial charge on any atom is -0.389 e. The molecule has 0 radical (unpaired) electrons. The number of amides is 1. The molecule has 0 saturated carbocycles. The fourth-order valence-electron chi connectivity index (χ4n) is 3.34. The van der Waals surface area contributed by atoms with Gasteiger partial charge in [0, 0.05) is 25.1 Å². The second-order valence-corrected chi connectivity index (χ2v) is 6.67. The van der Waals surface area contributed by atoms with Crippen molar-refractivity contribution in [1.82, 2.24) is 15.7 Å². The summed E-state index contributed by atoms with van der Waals surface area (Å²) >= 11 is 0. The van der Waals surface area contributed by atoms with Crippen molar-refractivity contribution >= 4 is 5.91 Å². The van der Waals surface area contributed by atoms with E-state index in [2.05, 4.69) is 5.59 Å². The second-order valence-electron chi connectivity index (χ2n) is 6.67. The van der Waals surface area contributed by atoms with Crippen molar-refractivity contribution in [3.63, 3.8) is 0 Å². The Hall–Kier alpha value is -3.13. The Morgan fingerprint density at radius 3 is 2.86 bits per heavy atom. The molecule has 4 rings (SSSR count). The number of carbonyl (C=O) groups is 1. The molecule has 1 fully saturated rings. The average Bonchev–Trinajstić information content (AvgIpc) is 3.16. The smallest absolute Gasteiger partial charge is 0.256 e. The minimum absolute atomic E-state index is 0.0573. The summed E-state index contributed by atoms with van der Waals surface area (Å²) in [6.07, 6.45) is 3.21. The van der Waals surface area contributed by atoms with E-state index in [0.29, 0.717) is 24.6 Å². The van der Waals surface area contributed by atoms with Gasteiger partial charge in [-0.25, -0.2) is 8.78 Å². The summed E-state index contributed by atoms with van der Waals surface area (Å²) in [5.41, 5.74) is 2.66. The quantitative estimate of drug-likeness (QED) is 0.872. The molecule has 2 aromatic rings. The summed E-state index contributed by atoms with van der Waals surface area (Å²) in [5.74, 6) is -0.407. The Balaban J connectivity index is 1.42. The molecule has 0 bridgehead atoms. The van der Waals surface area contributed by atoms with Crippen LogP contribution < -0.4 is 10.4 Å². The van der Waals surface area contributed by atoms with Gasteiger partial charge >= 0.3 is 0 Å². The van der Waals surface area contributed by atoms with Crippen LogP contribution in [-0.4, -0.2) is 29.1 Å². The molecule has 1 amide bonds. The number of hydrazine groups is 1. The van der Waals surface area contributed by atoms with Gasteiger partial charge in [-0.15, -0.1) is 5.17 Å². The van der Waals surface area contributed by atoms with E-state index in [0.717, 1.165) is 12.8 Å². The van der Waals surface area contributed by atoms with Crippen molar-refractivity contribution in [2.75, 3.05) is 13.1 Å². The molecule has 146 valence electrons. The van der Waals surface area contributed by atoms with Gasteiger partial charge < -0.3 is 14.6 Å². The maximum absolute atomic E-state index is 13.9. The van der Waals surface area contributed by atoms with Crippen LogP contribution >= 0.6 is 0 Å². The number of hydroxylamine groups is 1. The molecule has 0 spiro atoms. The van der Waals surface area contributed by atoms with Crippen LogP contribution in [0.2, 0.25) is 0 Å². The molecule has 2 aromatic carbocycles. The maximum atomic E-state index is 13.9. The van der Waals surface area contributed by atoms with Crippen LogP contribution in [0, 0.1) is 17.6 Å². The summed E-state index contributed by atoms with van der Waals surface area (Å²) in [6, 6.07) is 11.7. The summed E-state index contributed by atoms with van der Waals surface area (Å²) in [7, 11) is 0. The number of nitrogens with zero attached hydrogens (tertiary/aromatic N) is 2. The molecule has 28 heavy (non-hydrogen) atoms. The van der Waals surface area contributed by atoms with Gasteiger partial charge in [-0.1, -0.05) is 18.2 Å². The predicted octanol–water partition coefficient (Wildman–Crippen LogP) is 3.40. The van der Waals surface area contributed by atoms with Crippen LogP contribution in [0.25, 0.3) is 0 Å². The van der Waals surface area contributed by atoms with Gasteiger partial charge in [-0.2, -0.15) is 0 Å². The fourth-order valence-corrected chi connectivity index (χ4v) is 3.34. The third-order valence-corrected chi connectivity index (χ3v) is 4.71. The van der Waals surface area contributed by atoms with E-state index in [4.69, 9.17) is 9.68 Å². The highest BCUT2D eigenvalue weighted by Crippen LogP contribution is 2.28. The van der Waals surface area contributed by atoms with Crippen LogP contribution in [0.4, 0.5) is 8.78 Å². The molecule has 0 aromatic heterocycles. The first-order valence-electron chi connectivity index (χ1n) is 9.01. The van der Waals surface area contributed by atoms with E-state index in [1.165, 1.54) is 29.4 Å². The van der Waals surface area contributed by atoms with E-state index in [1.54, 1.807) is 35.4 Å². The zero-order valence-electron chi connectivity index (χ0n) is 15.0. The monoisotopic (exact) mass is 387 g/mol. The number of hydrogen-bond donors (Lipinski definition) is 1.